The Balaban J connectivity index is 2.48. The second kappa shape index (κ2) is 6.24. The molecule has 0 aromatic carbocycles. The Morgan fingerprint density at radius 3 is 2.50 bits per heavy atom. The Labute approximate surface area is 99.4 Å². The molecule has 0 aliphatic carbocycles. The molecule has 3 heteroatoms. The second-order valence-corrected chi connectivity index (χ2v) is 5.11. The summed E-state index contributed by atoms with van der Waals surface area (Å²) in [6, 6.07) is 0. The summed E-state index contributed by atoms with van der Waals surface area (Å²) in [4.78, 5) is 12.2. The molecule has 0 aromatic rings. The summed E-state index contributed by atoms with van der Waals surface area (Å²) in [7, 11) is 0. The number of piperidine rings is 1. The zero-order valence-electron chi connectivity index (χ0n) is 10.9. The molecule has 1 rings (SSSR count). The summed E-state index contributed by atoms with van der Waals surface area (Å²) in [5, 5.41) is 6.45. The van der Waals surface area contributed by atoms with Gasteiger partial charge < -0.3 is 10.6 Å². The largest absolute Gasteiger partial charge is 0.355 e. The van der Waals surface area contributed by atoms with E-state index in [4.69, 9.17) is 0 Å². The van der Waals surface area contributed by atoms with Crippen molar-refractivity contribution < 1.29 is 4.79 Å². The highest BCUT2D eigenvalue weighted by Gasteiger charge is 2.37. The fourth-order valence-electron chi connectivity index (χ4n) is 2.25. The van der Waals surface area contributed by atoms with Crippen molar-refractivity contribution in [1.82, 2.24) is 10.6 Å². The van der Waals surface area contributed by atoms with Crippen LogP contribution in [-0.4, -0.2) is 25.5 Å². The fraction of sp³-hybridized carbons (Fsp3) is 0.923. The first kappa shape index (κ1) is 13.5. The van der Waals surface area contributed by atoms with Crippen molar-refractivity contribution in [2.24, 2.45) is 11.3 Å². The minimum atomic E-state index is -0.0985. The van der Waals surface area contributed by atoms with E-state index in [0.29, 0.717) is 5.92 Å². The Morgan fingerprint density at radius 1 is 1.38 bits per heavy atom. The van der Waals surface area contributed by atoms with Crippen LogP contribution in [0.4, 0.5) is 0 Å². The third-order valence-electron chi connectivity index (χ3n) is 4.03. The number of rotatable bonds is 5. The van der Waals surface area contributed by atoms with E-state index in [1.165, 1.54) is 0 Å². The molecular formula is C13H26N2O. The predicted octanol–water partition coefficient (Wildman–Crippen LogP) is 1.93. The van der Waals surface area contributed by atoms with Gasteiger partial charge in [0.1, 0.15) is 0 Å². The molecule has 94 valence electrons. The quantitative estimate of drug-likeness (QED) is 0.752. The van der Waals surface area contributed by atoms with Gasteiger partial charge in [0.2, 0.25) is 5.91 Å². The number of carbonyl (C=O) groups is 1. The molecule has 0 saturated carbocycles. The maximum absolute atomic E-state index is 12.2. The molecule has 1 aliphatic heterocycles. The summed E-state index contributed by atoms with van der Waals surface area (Å²) < 4.78 is 0. The zero-order valence-corrected chi connectivity index (χ0v) is 10.9. The van der Waals surface area contributed by atoms with Crippen LogP contribution in [0.5, 0.6) is 0 Å². The van der Waals surface area contributed by atoms with Crippen molar-refractivity contribution in [3.8, 4) is 0 Å². The van der Waals surface area contributed by atoms with Crippen molar-refractivity contribution in [3.63, 3.8) is 0 Å². The van der Waals surface area contributed by atoms with Crippen LogP contribution in [0.2, 0.25) is 0 Å². The third-order valence-corrected chi connectivity index (χ3v) is 4.03. The Kier molecular flexibility index (Phi) is 5.26. The van der Waals surface area contributed by atoms with Gasteiger partial charge in [-0.25, -0.2) is 0 Å². The molecule has 0 spiro atoms. The highest BCUT2D eigenvalue weighted by atomic mass is 16.2. The maximum Gasteiger partial charge on any atom is 0.226 e. The topological polar surface area (TPSA) is 41.1 Å². The van der Waals surface area contributed by atoms with Crippen LogP contribution < -0.4 is 10.6 Å². The molecule has 3 nitrogen and oxygen atoms in total. The fourth-order valence-corrected chi connectivity index (χ4v) is 2.25. The van der Waals surface area contributed by atoms with Crippen molar-refractivity contribution in [2.45, 2.75) is 46.5 Å². The molecule has 16 heavy (non-hydrogen) atoms. The van der Waals surface area contributed by atoms with E-state index in [0.717, 1.165) is 45.3 Å². The van der Waals surface area contributed by atoms with Crippen molar-refractivity contribution in [2.75, 3.05) is 19.6 Å². The van der Waals surface area contributed by atoms with Gasteiger partial charge in [-0.05, 0) is 38.3 Å². The molecule has 1 unspecified atom stereocenters. The van der Waals surface area contributed by atoms with Gasteiger partial charge in [0.05, 0.1) is 5.41 Å². The Bertz CT molecular complexity index is 222. The lowest BCUT2D eigenvalue weighted by Crippen LogP contribution is -2.48. The Morgan fingerprint density at radius 2 is 2.00 bits per heavy atom. The molecule has 0 radical (unpaired) electrons. The van der Waals surface area contributed by atoms with Gasteiger partial charge >= 0.3 is 0 Å². The molecule has 1 saturated heterocycles. The van der Waals surface area contributed by atoms with Crippen LogP contribution in [0.1, 0.15) is 46.5 Å². The van der Waals surface area contributed by atoms with Gasteiger partial charge in [-0.3, -0.25) is 4.79 Å². The lowest BCUT2D eigenvalue weighted by molar-refractivity contribution is -0.133. The minimum Gasteiger partial charge on any atom is -0.355 e. The summed E-state index contributed by atoms with van der Waals surface area (Å²) in [6.45, 7) is 9.26. The monoisotopic (exact) mass is 226 g/mol. The van der Waals surface area contributed by atoms with E-state index in [9.17, 15) is 4.79 Å². The number of carbonyl (C=O) groups excluding carboxylic acids is 1. The smallest absolute Gasteiger partial charge is 0.226 e. The first-order valence-electron chi connectivity index (χ1n) is 6.63. The predicted molar refractivity (Wildman–Crippen MR) is 67.3 cm³/mol. The molecule has 2 N–H and O–H groups in total. The van der Waals surface area contributed by atoms with Gasteiger partial charge in [-0.15, -0.1) is 0 Å². The van der Waals surface area contributed by atoms with Crippen LogP contribution in [0.3, 0.4) is 0 Å². The van der Waals surface area contributed by atoms with Crippen LogP contribution in [0, 0.1) is 11.3 Å². The van der Waals surface area contributed by atoms with Crippen molar-refractivity contribution in [3.05, 3.63) is 0 Å². The van der Waals surface area contributed by atoms with Crippen LogP contribution in [0.25, 0.3) is 0 Å². The lowest BCUT2D eigenvalue weighted by atomic mass is 9.76. The highest BCUT2D eigenvalue weighted by Crippen LogP contribution is 2.32. The number of hydrogen-bond donors (Lipinski definition) is 2. The van der Waals surface area contributed by atoms with Crippen molar-refractivity contribution >= 4 is 5.91 Å². The SMILES string of the molecule is CCC(C)CNC(=O)C1(CC)CCNCC1. The van der Waals surface area contributed by atoms with Gasteiger partial charge in [-0.1, -0.05) is 27.2 Å². The third kappa shape index (κ3) is 3.21. The molecule has 1 aliphatic rings. The lowest BCUT2D eigenvalue weighted by Gasteiger charge is -2.35. The molecule has 1 heterocycles. The Hall–Kier alpha value is -0.570. The normalized spacial score (nSPS) is 21.4. The molecule has 0 aromatic heterocycles. The highest BCUT2D eigenvalue weighted by molar-refractivity contribution is 5.82. The number of nitrogens with one attached hydrogen (secondary N) is 2. The van der Waals surface area contributed by atoms with Crippen LogP contribution in [-0.2, 0) is 4.79 Å². The van der Waals surface area contributed by atoms with E-state index in [1.54, 1.807) is 0 Å². The summed E-state index contributed by atoms with van der Waals surface area (Å²) in [5.74, 6) is 0.858. The van der Waals surface area contributed by atoms with Gasteiger partial charge in [0.25, 0.3) is 0 Å². The average molecular weight is 226 g/mol. The second-order valence-electron chi connectivity index (χ2n) is 5.11. The number of amides is 1. The van der Waals surface area contributed by atoms with E-state index >= 15 is 0 Å². The van der Waals surface area contributed by atoms with Crippen LogP contribution in [0.15, 0.2) is 0 Å². The van der Waals surface area contributed by atoms with Crippen molar-refractivity contribution in [1.29, 1.82) is 0 Å². The average Bonchev–Trinajstić information content (AvgIpc) is 2.36. The standard InChI is InChI=1S/C13H26N2O/c1-4-11(3)10-15-12(16)13(5-2)6-8-14-9-7-13/h11,14H,4-10H2,1-3H3,(H,15,16). The van der Waals surface area contributed by atoms with Gasteiger partial charge in [0.15, 0.2) is 0 Å². The summed E-state index contributed by atoms with van der Waals surface area (Å²) in [5.41, 5.74) is -0.0985. The zero-order chi connectivity index (χ0) is 12.0. The van der Waals surface area contributed by atoms with E-state index < -0.39 is 0 Å². The first-order chi connectivity index (χ1) is 7.64. The molecule has 0 bridgehead atoms. The maximum atomic E-state index is 12.2. The summed E-state index contributed by atoms with van der Waals surface area (Å²) in [6.07, 6.45) is 4.05. The summed E-state index contributed by atoms with van der Waals surface area (Å²) >= 11 is 0. The van der Waals surface area contributed by atoms with Crippen LogP contribution >= 0.6 is 0 Å². The molecule has 1 atom stereocenters. The van der Waals surface area contributed by atoms with E-state index in [2.05, 4.69) is 31.4 Å². The van der Waals surface area contributed by atoms with E-state index in [-0.39, 0.29) is 11.3 Å². The molecular weight excluding hydrogens is 200 g/mol. The van der Waals surface area contributed by atoms with E-state index in [1.807, 2.05) is 0 Å². The molecule has 1 fully saturated rings. The number of hydrogen-bond acceptors (Lipinski definition) is 2. The minimum absolute atomic E-state index is 0.0985. The van der Waals surface area contributed by atoms with Gasteiger partial charge in [-0.2, -0.15) is 0 Å². The first-order valence-corrected chi connectivity index (χ1v) is 6.63. The molecule has 1 amide bonds. The van der Waals surface area contributed by atoms with Gasteiger partial charge in [0, 0.05) is 6.54 Å².